The second kappa shape index (κ2) is 4.99. The average molecular weight is 310 g/mol. The van der Waals surface area contributed by atoms with Crippen LogP contribution in [0, 0.1) is 23.7 Å². The Balaban J connectivity index is 1.50. The highest BCUT2D eigenvalue weighted by atomic mass is 32.2. The third-order valence-electron chi connectivity index (χ3n) is 6.55. The highest BCUT2D eigenvalue weighted by Gasteiger charge is 2.51. The molecule has 3 saturated carbocycles. The Kier molecular flexibility index (Phi) is 3.04. The van der Waals surface area contributed by atoms with Gasteiger partial charge in [-0.05, 0) is 67.2 Å². The lowest BCUT2D eigenvalue weighted by molar-refractivity contribution is -0.706. The summed E-state index contributed by atoms with van der Waals surface area (Å²) in [5.41, 5.74) is 0. The van der Waals surface area contributed by atoms with Gasteiger partial charge >= 0.3 is 0 Å². The van der Waals surface area contributed by atoms with Crippen LogP contribution in [-0.4, -0.2) is 5.25 Å². The van der Waals surface area contributed by atoms with Crippen LogP contribution < -0.4 is 4.57 Å². The van der Waals surface area contributed by atoms with Crippen molar-refractivity contribution in [3.8, 4) is 0 Å². The van der Waals surface area contributed by atoms with Crippen molar-refractivity contribution in [3.05, 3.63) is 36.5 Å². The number of thioether (sulfide) groups is 1. The lowest BCUT2D eigenvalue weighted by atomic mass is 9.71. The second-order valence-corrected chi connectivity index (χ2v) is 8.94. The number of rotatable bonds is 2. The van der Waals surface area contributed by atoms with Gasteiger partial charge in [0.05, 0.1) is 5.39 Å². The number of aromatic nitrogens is 1. The Morgan fingerprint density at radius 2 is 1.86 bits per heavy atom. The molecule has 0 radical (unpaired) electrons. The molecule has 2 bridgehead atoms. The molecule has 3 fully saturated rings. The van der Waals surface area contributed by atoms with Crippen LogP contribution >= 0.6 is 11.8 Å². The first kappa shape index (κ1) is 13.4. The summed E-state index contributed by atoms with van der Waals surface area (Å²) in [6.45, 7) is 0. The van der Waals surface area contributed by atoms with Gasteiger partial charge in [-0.1, -0.05) is 30.0 Å². The van der Waals surface area contributed by atoms with Crippen LogP contribution in [0.3, 0.4) is 0 Å². The SMILES string of the molecule is C[n+]1ccc2ccccc2c1S[C@H]1CC[C@H]2C[C@@H]3C[C@@H]2[C@@H]1C3. The van der Waals surface area contributed by atoms with Crippen molar-refractivity contribution < 1.29 is 4.57 Å². The maximum absolute atomic E-state index is 2.34. The van der Waals surface area contributed by atoms with E-state index in [1.54, 1.807) is 12.8 Å². The first-order chi connectivity index (χ1) is 10.8. The average Bonchev–Trinajstić information content (AvgIpc) is 3.13. The molecule has 2 heteroatoms. The minimum Gasteiger partial charge on any atom is -0.195 e. The van der Waals surface area contributed by atoms with E-state index in [4.69, 9.17) is 0 Å². The zero-order valence-corrected chi connectivity index (χ0v) is 14.1. The summed E-state index contributed by atoms with van der Waals surface area (Å²) in [6.07, 6.45) is 9.79. The minimum absolute atomic E-state index is 0.851. The third-order valence-corrected chi connectivity index (χ3v) is 8.17. The summed E-state index contributed by atoms with van der Waals surface area (Å²) >= 11 is 2.18. The first-order valence-electron chi connectivity index (χ1n) is 8.83. The van der Waals surface area contributed by atoms with Crippen LogP contribution in [0.25, 0.3) is 10.8 Å². The van der Waals surface area contributed by atoms with Gasteiger partial charge in [-0.15, -0.1) is 0 Å². The number of benzene rings is 1. The van der Waals surface area contributed by atoms with Gasteiger partial charge in [0.15, 0.2) is 6.20 Å². The summed E-state index contributed by atoms with van der Waals surface area (Å²) in [7, 11) is 2.21. The van der Waals surface area contributed by atoms with Gasteiger partial charge in [0, 0.05) is 11.3 Å². The van der Waals surface area contributed by atoms with E-state index >= 15 is 0 Å². The highest BCUT2D eigenvalue weighted by Crippen LogP contribution is 2.60. The van der Waals surface area contributed by atoms with Crippen LogP contribution in [0.4, 0.5) is 0 Å². The number of nitrogens with zero attached hydrogens (tertiary/aromatic N) is 1. The molecule has 0 amide bonds. The van der Waals surface area contributed by atoms with Gasteiger partial charge < -0.3 is 0 Å². The molecule has 5 atom stereocenters. The summed E-state index contributed by atoms with van der Waals surface area (Å²) < 4.78 is 2.34. The zero-order valence-electron chi connectivity index (χ0n) is 13.2. The van der Waals surface area contributed by atoms with Crippen molar-refractivity contribution in [2.45, 2.75) is 42.4 Å². The molecule has 2 aromatic rings. The molecule has 1 aromatic carbocycles. The molecule has 114 valence electrons. The molecule has 3 aliphatic rings. The van der Waals surface area contributed by atoms with E-state index in [0.29, 0.717) is 0 Å². The van der Waals surface area contributed by atoms with Gasteiger partial charge in [0.2, 0.25) is 5.03 Å². The molecule has 0 aliphatic heterocycles. The van der Waals surface area contributed by atoms with E-state index in [-0.39, 0.29) is 0 Å². The topological polar surface area (TPSA) is 3.88 Å². The van der Waals surface area contributed by atoms with Gasteiger partial charge in [0.1, 0.15) is 7.05 Å². The molecule has 0 spiro atoms. The van der Waals surface area contributed by atoms with Gasteiger partial charge in [-0.3, -0.25) is 0 Å². The molecule has 1 nitrogen and oxygen atoms in total. The Labute approximate surface area is 137 Å². The second-order valence-electron chi connectivity index (χ2n) is 7.71. The molecule has 0 saturated heterocycles. The summed E-state index contributed by atoms with van der Waals surface area (Å²) in [5.74, 6) is 4.23. The Hall–Kier alpha value is -1.02. The number of pyridine rings is 1. The predicted molar refractivity (Wildman–Crippen MR) is 91.8 cm³/mol. The lowest BCUT2D eigenvalue weighted by Crippen LogP contribution is -2.37. The Morgan fingerprint density at radius 3 is 2.77 bits per heavy atom. The highest BCUT2D eigenvalue weighted by molar-refractivity contribution is 8.00. The van der Waals surface area contributed by atoms with Crippen molar-refractivity contribution in [2.75, 3.05) is 0 Å². The standard InChI is InChI=1S/C20H24NS/c1-21-9-8-14-4-2-3-5-16(14)20(21)22-19-7-6-15-10-13-11-17(15)18(19)12-13/h2-5,8-9,13,15,17-19H,6-7,10-12H2,1H3/q+1/t13-,15+,17+,18+,19+/m1/s1. The Morgan fingerprint density at radius 1 is 1.00 bits per heavy atom. The molecule has 3 aliphatic carbocycles. The Bertz CT molecular complexity index is 725. The molecule has 0 N–H and O–H groups in total. The molecular weight excluding hydrogens is 286 g/mol. The van der Waals surface area contributed by atoms with E-state index < -0.39 is 0 Å². The quantitative estimate of drug-likeness (QED) is 0.734. The van der Waals surface area contributed by atoms with Crippen molar-refractivity contribution in [3.63, 3.8) is 0 Å². The van der Waals surface area contributed by atoms with E-state index in [2.05, 4.69) is 59.9 Å². The smallest absolute Gasteiger partial charge is 0.195 e. The van der Waals surface area contributed by atoms with Crippen molar-refractivity contribution in [1.82, 2.24) is 0 Å². The molecular formula is C20H24NS+. The first-order valence-corrected chi connectivity index (χ1v) is 9.71. The van der Waals surface area contributed by atoms with Gasteiger partial charge in [-0.2, -0.15) is 4.57 Å². The van der Waals surface area contributed by atoms with E-state index in [1.165, 1.54) is 35.1 Å². The molecule has 22 heavy (non-hydrogen) atoms. The largest absolute Gasteiger partial charge is 0.248 e. The number of hydrogen-bond donors (Lipinski definition) is 0. The zero-order chi connectivity index (χ0) is 14.7. The van der Waals surface area contributed by atoms with E-state index in [0.717, 1.165) is 28.9 Å². The lowest BCUT2D eigenvalue weighted by Gasteiger charge is -2.40. The van der Waals surface area contributed by atoms with Gasteiger partial charge in [-0.25, -0.2) is 0 Å². The van der Waals surface area contributed by atoms with E-state index in [9.17, 15) is 0 Å². The molecule has 0 unspecified atom stereocenters. The maximum Gasteiger partial charge on any atom is 0.248 e. The number of fused-ring (bicyclic) bond motifs is 2. The van der Waals surface area contributed by atoms with Crippen LogP contribution in [0.15, 0.2) is 41.6 Å². The van der Waals surface area contributed by atoms with Gasteiger partial charge in [0.25, 0.3) is 0 Å². The van der Waals surface area contributed by atoms with Crippen LogP contribution in [0.2, 0.25) is 0 Å². The van der Waals surface area contributed by atoms with Crippen LogP contribution in [0.5, 0.6) is 0 Å². The molecule has 1 aromatic heterocycles. The summed E-state index contributed by atoms with van der Waals surface area (Å²) in [4.78, 5) is 0. The fraction of sp³-hybridized carbons (Fsp3) is 0.550. The monoisotopic (exact) mass is 310 g/mol. The predicted octanol–water partition coefficient (Wildman–Crippen LogP) is 4.58. The van der Waals surface area contributed by atoms with Crippen molar-refractivity contribution >= 4 is 22.5 Å². The van der Waals surface area contributed by atoms with Crippen molar-refractivity contribution in [2.24, 2.45) is 30.7 Å². The third kappa shape index (κ3) is 1.96. The van der Waals surface area contributed by atoms with E-state index in [1.807, 2.05) is 0 Å². The van der Waals surface area contributed by atoms with Crippen LogP contribution in [-0.2, 0) is 7.05 Å². The fourth-order valence-corrected chi connectivity index (χ4v) is 7.20. The molecule has 5 rings (SSSR count). The fourth-order valence-electron chi connectivity index (χ4n) is 5.63. The number of aryl methyl sites for hydroxylation is 1. The van der Waals surface area contributed by atoms with Crippen LogP contribution in [0.1, 0.15) is 32.1 Å². The summed E-state index contributed by atoms with van der Waals surface area (Å²) in [6, 6.07) is 11.1. The van der Waals surface area contributed by atoms with Crippen molar-refractivity contribution in [1.29, 1.82) is 0 Å². The maximum atomic E-state index is 2.34. The normalized spacial score (nSPS) is 36.1. The molecule has 1 heterocycles. The minimum atomic E-state index is 0.851. The summed E-state index contributed by atoms with van der Waals surface area (Å²) in [5, 5.41) is 5.14. The number of hydrogen-bond acceptors (Lipinski definition) is 1.